The van der Waals surface area contributed by atoms with Gasteiger partial charge in [0.25, 0.3) is 5.56 Å². The van der Waals surface area contributed by atoms with Crippen LogP contribution in [0.5, 0.6) is 0 Å². The van der Waals surface area contributed by atoms with Crippen LogP contribution >= 0.6 is 0 Å². The summed E-state index contributed by atoms with van der Waals surface area (Å²) >= 11 is 0. The number of nitrogens with zero attached hydrogens (tertiary/aromatic N) is 3. The second-order valence-corrected chi connectivity index (χ2v) is 6.18. The normalized spacial score (nSPS) is 23.8. The summed E-state index contributed by atoms with van der Waals surface area (Å²) in [5.41, 5.74) is 0.442. The van der Waals surface area contributed by atoms with Crippen LogP contribution in [0.3, 0.4) is 0 Å². The van der Waals surface area contributed by atoms with Gasteiger partial charge >= 0.3 is 0 Å². The zero-order chi connectivity index (χ0) is 15.0. The lowest BCUT2D eigenvalue weighted by Gasteiger charge is -2.14. The molecule has 0 aromatic carbocycles. The number of rotatable bonds is 4. The van der Waals surface area contributed by atoms with Crippen LogP contribution in [0, 0.1) is 5.92 Å². The molecule has 0 spiro atoms. The average molecular weight is 289 g/mol. The van der Waals surface area contributed by atoms with Crippen LogP contribution < -0.4 is 10.9 Å². The Morgan fingerprint density at radius 3 is 2.95 bits per heavy atom. The first-order valence-electron chi connectivity index (χ1n) is 7.80. The third-order valence-corrected chi connectivity index (χ3v) is 4.48. The topological polar surface area (TPSA) is 75.1 Å². The molecule has 0 amide bonds. The molecule has 3 atom stereocenters. The first-order chi connectivity index (χ1) is 10.1. The van der Waals surface area contributed by atoms with E-state index < -0.39 is 0 Å². The van der Waals surface area contributed by atoms with Gasteiger partial charge in [-0.15, -0.1) is 0 Å². The summed E-state index contributed by atoms with van der Waals surface area (Å²) in [4.78, 5) is 19.6. The van der Waals surface area contributed by atoms with E-state index in [9.17, 15) is 4.79 Å². The number of imidazole rings is 1. The molecule has 21 heavy (non-hydrogen) atoms. The van der Waals surface area contributed by atoms with Gasteiger partial charge in [-0.05, 0) is 18.9 Å². The Kier molecular flexibility index (Phi) is 3.80. The highest BCUT2D eigenvalue weighted by Gasteiger charge is 2.28. The quantitative estimate of drug-likeness (QED) is 0.897. The molecule has 0 saturated carbocycles. The molecule has 6 heteroatoms. The van der Waals surface area contributed by atoms with Gasteiger partial charge in [0, 0.05) is 18.4 Å². The van der Waals surface area contributed by atoms with E-state index in [-0.39, 0.29) is 11.5 Å². The van der Waals surface area contributed by atoms with E-state index in [0.29, 0.717) is 17.4 Å². The first-order valence-corrected chi connectivity index (χ1v) is 7.80. The Morgan fingerprint density at radius 1 is 1.48 bits per heavy atom. The minimum atomic E-state index is -0.0958. The monoisotopic (exact) mass is 289 g/mol. The van der Waals surface area contributed by atoms with Crippen LogP contribution in [0.2, 0.25) is 0 Å². The van der Waals surface area contributed by atoms with Crippen molar-refractivity contribution in [1.82, 2.24) is 24.9 Å². The minimum absolute atomic E-state index is 0.0958. The maximum atomic E-state index is 12.3. The number of aromatic amines is 1. The fourth-order valence-corrected chi connectivity index (χ4v) is 3.17. The van der Waals surface area contributed by atoms with Crippen molar-refractivity contribution in [2.45, 2.75) is 45.4 Å². The molecule has 3 heterocycles. The van der Waals surface area contributed by atoms with Gasteiger partial charge in [0.05, 0.1) is 6.20 Å². The number of fused-ring (bicyclic) bond motifs is 1. The molecule has 1 aliphatic rings. The van der Waals surface area contributed by atoms with Crippen LogP contribution in [-0.4, -0.2) is 32.7 Å². The molecule has 1 fully saturated rings. The van der Waals surface area contributed by atoms with E-state index in [1.165, 1.54) is 0 Å². The average Bonchev–Trinajstić information content (AvgIpc) is 3.05. The third-order valence-electron chi connectivity index (χ3n) is 4.48. The van der Waals surface area contributed by atoms with Gasteiger partial charge in [-0.25, -0.2) is 9.50 Å². The summed E-state index contributed by atoms with van der Waals surface area (Å²) in [5, 5.41) is 8.04. The number of hydrogen-bond donors (Lipinski definition) is 2. The number of aromatic nitrogens is 4. The van der Waals surface area contributed by atoms with Gasteiger partial charge in [0.15, 0.2) is 5.52 Å². The molecule has 2 aromatic rings. The van der Waals surface area contributed by atoms with Crippen molar-refractivity contribution in [2.75, 3.05) is 13.1 Å². The predicted molar refractivity (Wildman–Crippen MR) is 81.7 cm³/mol. The molecule has 2 aromatic heterocycles. The molecule has 0 aliphatic carbocycles. The highest BCUT2D eigenvalue weighted by Crippen LogP contribution is 2.25. The SMILES string of the molecule is CCCC(C)c1ncc2c(=O)[nH]c(C3CNCC3C)nn12. The number of nitrogens with one attached hydrogen (secondary N) is 2. The van der Waals surface area contributed by atoms with Crippen LogP contribution in [0.4, 0.5) is 0 Å². The van der Waals surface area contributed by atoms with Gasteiger partial charge in [-0.3, -0.25) is 4.79 Å². The first kappa shape index (κ1) is 14.3. The molecule has 3 unspecified atom stereocenters. The Labute approximate surface area is 124 Å². The van der Waals surface area contributed by atoms with E-state index >= 15 is 0 Å². The zero-order valence-corrected chi connectivity index (χ0v) is 12.9. The van der Waals surface area contributed by atoms with Crippen LogP contribution in [0.15, 0.2) is 11.0 Å². The maximum Gasteiger partial charge on any atom is 0.276 e. The summed E-state index contributed by atoms with van der Waals surface area (Å²) in [7, 11) is 0. The van der Waals surface area contributed by atoms with Crippen LogP contribution in [-0.2, 0) is 0 Å². The van der Waals surface area contributed by atoms with Gasteiger partial charge in [0.2, 0.25) is 0 Å². The zero-order valence-electron chi connectivity index (χ0n) is 12.9. The van der Waals surface area contributed by atoms with Gasteiger partial charge < -0.3 is 10.3 Å². The fraction of sp³-hybridized carbons (Fsp3) is 0.667. The molecule has 1 saturated heterocycles. The summed E-state index contributed by atoms with van der Waals surface area (Å²) in [6.07, 6.45) is 3.77. The second-order valence-electron chi connectivity index (χ2n) is 6.18. The maximum absolute atomic E-state index is 12.3. The molecule has 0 radical (unpaired) electrons. The molecule has 1 aliphatic heterocycles. The largest absolute Gasteiger partial charge is 0.316 e. The Bertz CT molecular complexity index is 689. The molecule has 6 nitrogen and oxygen atoms in total. The van der Waals surface area contributed by atoms with Crippen LogP contribution in [0.1, 0.15) is 57.1 Å². The van der Waals surface area contributed by atoms with Crippen molar-refractivity contribution in [3.8, 4) is 0 Å². The lowest BCUT2D eigenvalue weighted by atomic mass is 9.97. The lowest BCUT2D eigenvalue weighted by Crippen LogP contribution is -2.22. The lowest BCUT2D eigenvalue weighted by molar-refractivity contribution is 0.525. The van der Waals surface area contributed by atoms with Crippen molar-refractivity contribution in [3.63, 3.8) is 0 Å². The van der Waals surface area contributed by atoms with Crippen LogP contribution in [0.25, 0.3) is 5.52 Å². The molecular formula is C15H23N5O. The molecular weight excluding hydrogens is 266 g/mol. The molecule has 2 N–H and O–H groups in total. The fourth-order valence-electron chi connectivity index (χ4n) is 3.17. The van der Waals surface area contributed by atoms with E-state index in [0.717, 1.165) is 37.6 Å². The van der Waals surface area contributed by atoms with Gasteiger partial charge in [-0.2, -0.15) is 5.10 Å². The predicted octanol–water partition coefficient (Wildman–Crippen LogP) is 1.64. The second kappa shape index (κ2) is 5.60. The smallest absolute Gasteiger partial charge is 0.276 e. The van der Waals surface area contributed by atoms with Crippen molar-refractivity contribution in [3.05, 3.63) is 28.2 Å². The summed E-state index contributed by atoms with van der Waals surface area (Å²) < 4.78 is 1.75. The number of H-pyrrole nitrogens is 1. The summed E-state index contributed by atoms with van der Waals surface area (Å²) in [6, 6.07) is 0. The van der Waals surface area contributed by atoms with Crippen molar-refractivity contribution >= 4 is 5.52 Å². The Hall–Kier alpha value is -1.69. The summed E-state index contributed by atoms with van der Waals surface area (Å²) in [5.74, 6) is 2.70. The van der Waals surface area contributed by atoms with Crippen molar-refractivity contribution < 1.29 is 0 Å². The number of hydrogen-bond acceptors (Lipinski definition) is 4. The van der Waals surface area contributed by atoms with E-state index in [4.69, 9.17) is 5.10 Å². The minimum Gasteiger partial charge on any atom is -0.316 e. The summed E-state index contributed by atoms with van der Waals surface area (Å²) in [6.45, 7) is 8.31. The Morgan fingerprint density at radius 2 is 2.29 bits per heavy atom. The molecule has 3 rings (SSSR count). The Balaban J connectivity index is 2.08. The van der Waals surface area contributed by atoms with Gasteiger partial charge in [-0.1, -0.05) is 27.2 Å². The van der Waals surface area contributed by atoms with E-state index in [1.807, 2.05) is 0 Å². The highest BCUT2D eigenvalue weighted by molar-refractivity contribution is 5.42. The van der Waals surface area contributed by atoms with E-state index in [2.05, 4.69) is 36.1 Å². The standard InChI is InChI=1S/C15H23N5O/c1-4-5-9(2)14-17-8-12-15(21)18-13(19-20(12)14)11-7-16-6-10(11)3/h8-11,16H,4-7H2,1-3H3,(H,18,19,21). The molecule has 114 valence electrons. The van der Waals surface area contributed by atoms with Crippen molar-refractivity contribution in [2.24, 2.45) is 5.92 Å². The van der Waals surface area contributed by atoms with Crippen molar-refractivity contribution in [1.29, 1.82) is 0 Å². The highest BCUT2D eigenvalue weighted by atomic mass is 16.1. The van der Waals surface area contributed by atoms with E-state index in [1.54, 1.807) is 10.7 Å². The van der Waals surface area contributed by atoms with Gasteiger partial charge in [0.1, 0.15) is 11.6 Å². The molecule has 0 bridgehead atoms. The third kappa shape index (κ3) is 2.48.